The van der Waals surface area contributed by atoms with Crippen molar-refractivity contribution in [3.63, 3.8) is 0 Å². The molecule has 0 saturated heterocycles. The van der Waals surface area contributed by atoms with Crippen molar-refractivity contribution in [3.8, 4) is 5.75 Å². The van der Waals surface area contributed by atoms with Crippen molar-refractivity contribution in [2.75, 3.05) is 33.1 Å². The van der Waals surface area contributed by atoms with E-state index in [-0.39, 0.29) is 17.1 Å². The number of thioether (sulfide) groups is 1. The van der Waals surface area contributed by atoms with E-state index in [2.05, 4.69) is 4.98 Å². The van der Waals surface area contributed by atoms with Crippen molar-refractivity contribution in [1.29, 1.82) is 0 Å². The Kier molecular flexibility index (Phi) is 7.71. The van der Waals surface area contributed by atoms with Gasteiger partial charge < -0.3 is 9.84 Å². The molecule has 0 atom stereocenters. The highest BCUT2D eigenvalue weighted by Gasteiger charge is 2.16. The second-order valence-corrected chi connectivity index (χ2v) is 10.1. The number of hydrogen-bond donors (Lipinski definition) is 1. The number of para-hydroxylation sites is 1. The van der Waals surface area contributed by atoms with Gasteiger partial charge in [-0.2, -0.15) is 0 Å². The molecule has 1 aromatic heterocycles. The molecule has 3 rings (SSSR count). The molecule has 2 aromatic carbocycles. The Hall–Kier alpha value is -2.40. The van der Waals surface area contributed by atoms with Gasteiger partial charge >= 0.3 is 0 Å². The molecule has 0 bridgehead atoms. The number of aliphatic hydroxyl groups is 1. The summed E-state index contributed by atoms with van der Waals surface area (Å²) in [5, 5.41) is 10.3. The lowest BCUT2D eigenvalue weighted by Crippen LogP contribution is -2.24. The van der Waals surface area contributed by atoms with Crippen LogP contribution in [0, 0.1) is 0 Å². The number of aromatic nitrogens is 2. The van der Waals surface area contributed by atoms with Crippen LogP contribution in [0.5, 0.6) is 5.75 Å². The highest BCUT2D eigenvalue weighted by atomic mass is 32.2. The molecule has 1 N–H and O–H groups in total. The normalized spacial score (nSPS) is 11.9. The molecule has 0 unspecified atom stereocenters. The van der Waals surface area contributed by atoms with Crippen molar-refractivity contribution in [2.45, 2.75) is 23.0 Å². The van der Waals surface area contributed by atoms with Gasteiger partial charge in [0.15, 0.2) is 5.16 Å². The standard InChI is InChI=1S/C21H25N3O5S2/c1-23(2)31(27,28)17-10-8-16(9-11-17)29-14-15-30-21-22-19-7-4-3-6-18(19)20(26)24(21)12-5-13-25/h3-4,6-11,25H,5,12-15H2,1-2H3. The Morgan fingerprint density at radius 3 is 2.52 bits per heavy atom. The number of benzene rings is 2. The van der Waals surface area contributed by atoms with Gasteiger partial charge in [0.2, 0.25) is 10.0 Å². The summed E-state index contributed by atoms with van der Waals surface area (Å²) in [5.41, 5.74) is 0.508. The van der Waals surface area contributed by atoms with Gasteiger partial charge in [-0.15, -0.1) is 0 Å². The number of fused-ring (bicyclic) bond motifs is 1. The Labute approximate surface area is 185 Å². The average molecular weight is 464 g/mol. The second-order valence-electron chi connectivity index (χ2n) is 6.90. The summed E-state index contributed by atoms with van der Waals surface area (Å²) in [6.45, 7) is 0.733. The van der Waals surface area contributed by atoms with E-state index in [1.165, 1.54) is 38.0 Å². The van der Waals surface area contributed by atoms with Crippen LogP contribution in [0.25, 0.3) is 10.9 Å². The minimum absolute atomic E-state index is 0.00791. The summed E-state index contributed by atoms with van der Waals surface area (Å²) in [5.74, 6) is 1.10. The summed E-state index contributed by atoms with van der Waals surface area (Å²) in [7, 11) is -0.506. The fourth-order valence-corrected chi connectivity index (χ4v) is 4.64. The van der Waals surface area contributed by atoms with E-state index >= 15 is 0 Å². The largest absolute Gasteiger partial charge is 0.493 e. The van der Waals surface area contributed by atoms with Crippen LogP contribution in [0.2, 0.25) is 0 Å². The third-order valence-electron chi connectivity index (χ3n) is 4.55. The van der Waals surface area contributed by atoms with Crippen LogP contribution in [0.3, 0.4) is 0 Å². The zero-order valence-electron chi connectivity index (χ0n) is 17.4. The van der Waals surface area contributed by atoms with E-state index in [1.54, 1.807) is 34.9 Å². The molecule has 0 saturated carbocycles. The Bertz CT molecular complexity index is 1190. The predicted octanol–water partition coefficient (Wildman–Crippen LogP) is 2.20. The summed E-state index contributed by atoms with van der Waals surface area (Å²) < 4.78 is 32.7. The van der Waals surface area contributed by atoms with E-state index in [9.17, 15) is 13.2 Å². The molecule has 10 heteroatoms. The Morgan fingerprint density at radius 1 is 1.13 bits per heavy atom. The zero-order valence-corrected chi connectivity index (χ0v) is 19.0. The van der Waals surface area contributed by atoms with Crippen LogP contribution in [0.4, 0.5) is 0 Å². The maximum absolute atomic E-state index is 12.8. The monoisotopic (exact) mass is 463 g/mol. The van der Waals surface area contributed by atoms with Gasteiger partial charge in [-0.1, -0.05) is 23.9 Å². The lowest BCUT2D eigenvalue weighted by Gasteiger charge is -2.13. The van der Waals surface area contributed by atoms with Gasteiger partial charge in [0.25, 0.3) is 5.56 Å². The summed E-state index contributed by atoms with van der Waals surface area (Å²) in [4.78, 5) is 17.6. The Morgan fingerprint density at radius 2 is 1.84 bits per heavy atom. The maximum Gasteiger partial charge on any atom is 0.262 e. The van der Waals surface area contributed by atoms with Crippen molar-refractivity contribution in [2.24, 2.45) is 0 Å². The topological polar surface area (TPSA) is 102 Å². The smallest absolute Gasteiger partial charge is 0.262 e. The molecule has 0 radical (unpaired) electrons. The molecule has 166 valence electrons. The first-order chi connectivity index (χ1) is 14.8. The minimum Gasteiger partial charge on any atom is -0.493 e. The molecule has 0 aliphatic rings. The highest BCUT2D eigenvalue weighted by Crippen LogP contribution is 2.20. The van der Waals surface area contributed by atoms with E-state index < -0.39 is 10.0 Å². The first-order valence-electron chi connectivity index (χ1n) is 9.73. The van der Waals surface area contributed by atoms with Crippen molar-refractivity contribution < 1.29 is 18.3 Å². The van der Waals surface area contributed by atoms with Crippen molar-refractivity contribution in [3.05, 3.63) is 58.9 Å². The summed E-state index contributed by atoms with van der Waals surface area (Å²) in [6, 6.07) is 13.4. The predicted molar refractivity (Wildman–Crippen MR) is 121 cm³/mol. The summed E-state index contributed by atoms with van der Waals surface area (Å²) in [6.07, 6.45) is 0.464. The maximum atomic E-state index is 12.8. The van der Waals surface area contributed by atoms with Crippen molar-refractivity contribution in [1.82, 2.24) is 13.9 Å². The molecule has 8 nitrogen and oxygen atoms in total. The zero-order chi connectivity index (χ0) is 22.4. The SMILES string of the molecule is CN(C)S(=O)(=O)c1ccc(OCCSc2nc3ccccc3c(=O)n2CCCO)cc1. The first kappa shape index (κ1) is 23.3. The quantitative estimate of drug-likeness (QED) is 0.279. The van der Waals surface area contributed by atoms with Crippen LogP contribution in [-0.2, 0) is 16.6 Å². The third-order valence-corrected chi connectivity index (χ3v) is 7.32. The van der Waals surface area contributed by atoms with Gasteiger partial charge in [-0.05, 0) is 42.8 Å². The average Bonchev–Trinajstić information content (AvgIpc) is 2.76. The van der Waals surface area contributed by atoms with Crippen LogP contribution in [0.15, 0.2) is 63.4 Å². The molecule has 0 amide bonds. The van der Waals surface area contributed by atoms with Crippen LogP contribution < -0.4 is 10.3 Å². The molecule has 3 aromatic rings. The fraction of sp³-hybridized carbons (Fsp3) is 0.333. The van der Waals surface area contributed by atoms with Gasteiger partial charge in [0.1, 0.15) is 5.75 Å². The lowest BCUT2D eigenvalue weighted by molar-refractivity contribution is 0.276. The highest BCUT2D eigenvalue weighted by molar-refractivity contribution is 7.99. The Balaban J connectivity index is 1.67. The van der Waals surface area contributed by atoms with Crippen LogP contribution >= 0.6 is 11.8 Å². The van der Waals surface area contributed by atoms with E-state index in [0.717, 1.165) is 4.31 Å². The molecule has 1 heterocycles. The van der Waals surface area contributed by atoms with Crippen LogP contribution in [0.1, 0.15) is 6.42 Å². The first-order valence-corrected chi connectivity index (χ1v) is 12.2. The number of nitrogens with zero attached hydrogens (tertiary/aromatic N) is 3. The molecule has 31 heavy (non-hydrogen) atoms. The van der Waals surface area contributed by atoms with Crippen LogP contribution in [-0.4, -0.2) is 60.4 Å². The van der Waals surface area contributed by atoms with Gasteiger partial charge in [0, 0.05) is 33.0 Å². The molecule has 0 aliphatic carbocycles. The number of ether oxygens (including phenoxy) is 1. The lowest BCUT2D eigenvalue weighted by atomic mass is 10.2. The number of hydrogen-bond acceptors (Lipinski definition) is 7. The van der Waals surface area contributed by atoms with Crippen molar-refractivity contribution >= 4 is 32.7 Å². The molecular weight excluding hydrogens is 438 g/mol. The number of aliphatic hydroxyl groups excluding tert-OH is 1. The molecule has 0 aliphatic heterocycles. The van der Waals surface area contributed by atoms with Gasteiger partial charge in [-0.3, -0.25) is 9.36 Å². The molecular formula is C21H25N3O5S2. The molecule has 0 spiro atoms. The van der Waals surface area contributed by atoms with Gasteiger partial charge in [0.05, 0.1) is 22.4 Å². The van der Waals surface area contributed by atoms with E-state index in [0.29, 0.717) is 47.1 Å². The van der Waals surface area contributed by atoms with E-state index in [1.807, 2.05) is 6.07 Å². The second kappa shape index (κ2) is 10.3. The van der Waals surface area contributed by atoms with Gasteiger partial charge in [-0.25, -0.2) is 17.7 Å². The fourth-order valence-electron chi connectivity index (χ4n) is 2.89. The van der Waals surface area contributed by atoms with E-state index in [4.69, 9.17) is 9.84 Å². The minimum atomic E-state index is -3.47. The summed E-state index contributed by atoms with van der Waals surface area (Å²) >= 11 is 1.40. The number of sulfonamides is 1. The molecule has 0 fully saturated rings. The number of rotatable bonds is 10. The third kappa shape index (κ3) is 5.45.